The molecule has 0 unspecified atom stereocenters. The van der Waals surface area contributed by atoms with E-state index < -0.39 is 0 Å². The largest absolute Gasteiger partial charge is 0.369 e. The quantitative estimate of drug-likeness (QED) is 0.689. The Labute approximate surface area is 155 Å². The zero-order chi connectivity index (χ0) is 17.6. The van der Waals surface area contributed by atoms with Gasteiger partial charge in [0.25, 0.3) is 5.89 Å². The lowest BCUT2D eigenvalue weighted by Gasteiger charge is -2.44. The van der Waals surface area contributed by atoms with Gasteiger partial charge in [-0.15, -0.1) is 11.3 Å². The van der Waals surface area contributed by atoms with Crippen LogP contribution in [0.15, 0.2) is 34.3 Å². The van der Waals surface area contributed by atoms with Crippen molar-refractivity contribution in [1.29, 1.82) is 0 Å². The van der Waals surface area contributed by atoms with Crippen LogP contribution in [-0.4, -0.2) is 34.8 Å². The molecular formula is C19H20N4O2S. The second-order valence-corrected chi connectivity index (χ2v) is 7.82. The van der Waals surface area contributed by atoms with Crippen LogP contribution in [0.2, 0.25) is 0 Å². The molecule has 0 atom stereocenters. The molecule has 1 fully saturated rings. The van der Waals surface area contributed by atoms with Crippen molar-refractivity contribution in [2.75, 3.05) is 24.6 Å². The Kier molecular flexibility index (Phi) is 3.79. The number of pyridine rings is 1. The van der Waals surface area contributed by atoms with Crippen molar-refractivity contribution >= 4 is 17.2 Å². The van der Waals surface area contributed by atoms with Gasteiger partial charge in [-0.2, -0.15) is 4.98 Å². The van der Waals surface area contributed by atoms with Crippen molar-refractivity contribution in [2.24, 2.45) is 0 Å². The fourth-order valence-corrected chi connectivity index (χ4v) is 5.10. The van der Waals surface area contributed by atoms with Crippen LogP contribution in [0.25, 0.3) is 11.5 Å². The number of ether oxygens (including phenoxy) is 1. The zero-order valence-corrected chi connectivity index (χ0v) is 15.5. The summed E-state index contributed by atoms with van der Waals surface area (Å²) in [6.07, 6.45) is 4.86. The lowest BCUT2D eigenvalue weighted by molar-refractivity contribution is -0.0735. The summed E-state index contributed by atoms with van der Waals surface area (Å²) >= 11 is 1.85. The van der Waals surface area contributed by atoms with E-state index in [4.69, 9.17) is 9.26 Å². The van der Waals surface area contributed by atoms with Crippen molar-refractivity contribution in [3.8, 4) is 11.5 Å². The number of rotatable bonds is 2. The Morgan fingerprint density at radius 2 is 2.08 bits per heavy atom. The number of aromatic nitrogens is 3. The molecule has 1 saturated heterocycles. The van der Waals surface area contributed by atoms with E-state index in [2.05, 4.69) is 31.5 Å². The molecule has 2 aliphatic rings. The van der Waals surface area contributed by atoms with Gasteiger partial charge in [0.2, 0.25) is 0 Å². The zero-order valence-electron chi connectivity index (χ0n) is 14.6. The normalized spacial score (nSPS) is 18.9. The summed E-state index contributed by atoms with van der Waals surface area (Å²) in [6.45, 7) is 4.54. The van der Waals surface area contributed by atoms with Gasteiger partial charge in [0.05, 0.1) is 12.2 Å². The summed E-state index contributed by atoms with van der Waals surface area (Å²) in [7, 11) is 0. The van der Waals surface area contributed by atoms with Gasteiger partial charge in [-0.25, -0.2) is 4.98 Å². The number of thiophene rings is 1. The Hall–Kier alpha value is -2.25. The first-order valence-electron chi connectivity index (χ1n) is 8.96. The van der Waals surface area contributed by atoms with Crippen LogP contribution in [0.4, 0.5) is 5.82 Å². The highest BCUT2D eigenvalue weighted by molar-refractivity contribution is 7.10. The summed E-state index contributed by atoms with van der Waals surface area (Å²) in [5, 5.41) is 6.03. The molecule has 5 rings (SSSR count). The van der Waals surface area contributed by atoms with Gasteiger partial charge in [0, 0.05) is 24.2 Å². The van der Waals surface area contributed by atoms with Crippen molar-refractivity contribution in [3.63, 3.8) is 0 Å². The number of aryl methyl sites for hydroxylation is 1. The minimum absolute atomic E-state index is 0.0839. The third-order valence-corrected chi connectivity index (χ3v) is 6.47. The van der Waals surface area contributed by atoms with E-state index >= 15 is 0 Å². The SMILES string of the molecule is Cc1noc(-c2ccc(N3CCC4(CC3)OCCc3ccsc34)nc2)n1. The molecule has 7 heteroatoms. The smallest absolute Gasteiger partial charge is 0.259 e. The average Bonchev–Trinajstić information content (AvgIpc) is 3.33. The second kappa shape index (κ2) is 6.17. The first-order chi connectivity index (χ1) is 12.7. The molecular weight excluding hydrogens is 348 g/mol. The van der Waals surface area contributed by atoms with E-state index in [1.54, 1.807) is 6.20 Å². The minimum Gasteiger partial charge on any atom is -0.369 e. The highest BCUT2D eigenvalue weighted by Gasteiger charge is 2.41. The summed E-state index contributed by atoms with van der Waals surface area (Å²) in [5.41, 5.74) is 2.24. The maximum atomic E-state index is 6.29. The van der Waals surface area contributed by atoms with Gasteiger partial charge in [-0.05, 0) is 55.3 Å². The fraction of sp³-hybridized carbons (Fsp3) is 0.421. The number of fused-ring (bicyclic) bond motifs is 2. The predicted molar refractivity (Wildman–Crippen MR) is 99.4 cm³/mol. The molecule has 2 aliphatic heterocycles. The number of anilines is 1. The lowest BCUT2D eigenvalue weighted by Crippen LogP contribution is -2.46. The molecule has 5 heterocycles. The molecule has 0 N–H and O–H groups in total. The van der Waals surface area contributed by atoms with Crippen LogP contribution in [0, 0.1) is 6.92 Å². The molecule has 0 amide bonds. The summed E-state index contributed by atoms with van der Waals surface area (Å²) < 4.78 is 11.5. The van der Waals surface area contributed by atoms with Gasteiger partial charge in [-0.3, -0.25) is 0 Å². The second-order valence-electron chi connectivity index (χ2n) is 6.91. The van der Waals surface area contributed by atoms with E-state index in [0.29, 0.717) is 11.7 Å². The van der Waals surface area contributed by atoms with Gasteiger partial charge >= 0.3 is 0 Å². The highest BCUT2D eigenvalue weighted by Crippen LogP contribution is 2.44. The molecule has 26 heavy (non-hydrogen) atoms. The Balaban J connectivity index is 1.32. The van der Waals surface area contributed by atoms with Gasteiger partial charge in [0.15, 0.2) is 5.82 Å². The summed E-state index contributed by atoms with van der Waals surface area (Å²) in [5.74, 6) is 2.13. The number of nitrogens with zero attached hydrogens (tertiary/aromatic N) is 4. The van der Waals surface area contributed by atoms with Crippen molar-refractivity contribution in [3.05, 3.63) is 46.0 Å². The van der Waals surface area contributed by atoms with E-state index in [0.717, 1.165) is 50.3 Å². The van der Waals surface area contributed by atoms with Gasteiger partial charge in [0.1, 0.15) is 11.4 Å². The number of hydrogen-bond acceptors (Lipinski definition) is 7. The maximum absolute atomic E-state index is 6.29. The van der Waals surface area contributed by atoms with E-state index in [1.165, 1.54) is 10.4 Å². The summed E-state index contributed by atoms with van der Waals surface area (Å²) in [4.78, 5) is 12.6. The Morgan fingerprint density at radius 1 is 1.19 bits per heavy atom. The van der Waals surface area contributed by atoms with Crippen molar-refractivity contribution in [2.45, 2.75) is 31.8 Å². The maximum Gasteiger partial charge on any atom is 0.259 e. The van der Waals surface area contributed by atoms with Crippen LogP contribution in [0.5, 0.6) is 0 Å². The first kappa shape index (κ1) is 16.0. The van der Waals surface area contributed by atoms with Gasteiger partial charge in [-0.1, -0.05) is 5.16 Å². The summed E-state index contributed by atoms with van der Waals surface area (Å²) in [6, 6.07) is 6.29. The monoisotopic (exact) mass is 368 g/mol. The lowest BCUT2D eigenvalue weighted by atomic mass is 9.85. The topological polar surface area (TPSA) is 64.3 Å². The fourth-order valence-electron chi connectivity index (χ4n) is 3.94. The van der Waals surface area contributed by atoms with E-state index in [-0.39, 0.29) is 5.60 Å². The first-order valence-corrected chi connectivity index (χ1v) is 9.84. The molecule has 0 aromatic carbocycles. The third-order valence-electron chi connectivity index (χ3n) is 5.33. The number of hydrogen-bond donors (Lipinski definition) is 0. The van der Waals surface area contributed by atoms with Crippen LogP contribution in [-0.2, 0) is 16.8 Å². The minimum atomic E-state index is -0.0839. The molecule has 0 radical (unpaired) electrons. The molecule has 0 saturated carbocycles. The van der Waals surface area contributed by atoms with Crippen LogP contribution < -0.4 is 4.90 Å². The Bertz CT molecular complexity index is 910. The van der Waals surface area contributed by atoms with Crippen LogP contribution >= 0.6 is 11.3 Å². The van der Waals surface area contributed by atoms with E-state index in [9.17, 15) is 0 Å². The van der Waals surface area contributed by atoms with Crippen LogP contribution in [0.1, 0.15) is 29.1 Å². The number of piperidine rings is 1. The molecule has 0 aliphatic carbocycles. The predicted octanol–water partition coefficient (Wildman–Crippen LogP) is 3.57. The average molecular weight is 368 g/mol. The molecule has 3 aromatic heterocycles. The van der Waals surface area contributed by atoms with Crippen molar-refractivity contribution < 1.29 is 9.26 Å². The van der Waals surface area contributed by atoms with Crippen molar-refractivity contribution in [1.82, 2.24) is 15.1 Å². The molecule has 134 valence electrons. The van der Waals surface area contributed by atoms with E-state index in [1.807, 2.05) is 30.4 Å². The highest BCUT2D eigenvalue weighted by atomic mass is 32.1. The molecule has 3 aromatic rings. The molecule has 1 spiro atoms. The van der Waals surface area contributed by atoms with Crippen LogP contribution in [0.3, 0.4) is 0 Å². The molecule has 6 nitrogen and oxygen atoms in total. The molecule has 0 bridgehead atoms. The van der Waals surface area contributed by atoms with Gasteiger partial charge < -0.3 is 14.2 Å². The standard InChI is InChI=1S/C19H20N4O2S/c1-13-21-18(25-22-13)15-2-3-16(20-12-15)23-8-6-19(7-9-23)17-14(4-10-24-19)5-11-26-17/h2-3,5,11-12H,4,6-10H2,1H3. The third kappa shape index (κ3) is 2.62. The Morgan fingerprint density at radius 3 is 2.81 bits per heavy atom.